The Bertz CT molecular complexity index is 333. The molecule has 1 N–H and O–H groups in total. The van der Waals surface area contributed by atoms with Crippen molar-refractivity contribution in [3.63, 3.8) is 0 Å². The fourth-order valence-electron chi connectivity index (χ4n) is 1.05. The van der Waals surface area contributed by atoms with Crippen molar-refractivity contribution < 1.29 is 9.59 Å². The number of anilines is 1. The van der Waals surface area contributed by atoms with E-state index in [1.54, 1.807) is 19.0 Å². The normalized spacial score (nSPS) is 8.50. The van der Waals surface area contributed by atoms with Gasteiger partial charge in [0.1, 0.15) is 6.29 Å². The van der Waals surface area contributed by atoms with Crippen LogP contribution >= 0.6 is 0 Å². The number of carbonyl (C=O) groups excluding carboxylic acids is 2. The Labute approximate surface area is 96.3 Å². The first kappa shape index (κ1) is 14.2. The summed E-state index contributed by atoms with van der Waals surface area (Å²) >= 11 is 0. The second kappa shape index (κ2) is 7.45. The van der Waals surface area contributed by atoms with E-state index >= 15 is 0 Å². The molecule has 0 aliphatic carbocycles. The van der Waals surface area contributed by atoms with E-state index in [1.165, 1.54) is 12.5 Å². The average molecular weight is 222 g/mol. The van der Waals surface area contributed by atoms with E-state index in [-0.39, 0.29) is 6.03 Å². The Morgan fingerprint density at radius 1 is 1.31 bits per heavy atom. The van der Waals surface area contributed by atoms with Gasteiger partial charge in [0.05, 0.1) is 0 Å². The predicted octanol–water partition coefficient (Wildman–Crippen LogP) is 1.98. The minimum atomic E-state index is -0.108. The van der Waals surface area contributed by atoms with Gasteiger partial charge in [0.15, 0.2) is 0 Å². The largest absolute Gasteiger partial charge is 0.341 e. The first-order valence-electron chi connectivity index (χ1n) is 4.98. The number of aldehydes is 1. The number of hydrogen-bond acceptors (Lipinski definition) is 2. The Kier molecular flexibility index (Phi) is 6.59. The number of aryl methyl sites for hydroxylation is 1. The molecule has 0 fully saturated rings. The van der Waals surface area contributed by atoms with Crippen LogP contribution in [0.4, 0.5) is 10.5 Å². The van der Waals surface area contributed by atoms with Crippen LogP contribution in [0, 0.1) is 6.92 Å². The molecule has 0 saturated heterocycles. The van der Waals surface area contributed by atoms with Crippen molar-refractivity contribution in [3.8, 4) is 0 Å². The van der Waals surface area contributed by atoms with E-state index in [9.17, 15) is 4.79 Å². The van der Waals surface area contributed by atoms with Gasteiger partial charge < -0.3 is 10.1 Å². The smallest absolute Gasteiger partial charge is 0.321 e. The lowest BCUT2D eigenvalue weighted by Crippen LogP contribution is -2.34. The highest BCUT2D eigenvalue weighted by molar-refractivity contribution is 5.91. The zero-order chi connectivity index (χ0) is 12.6. The lowest BCUT2D eigenvalue weighted by Gasteiger charge is -2.16. The van der Waals surface area contributed by atoms with Gasteiger partial charge in [0.2, 0.25) is 0 Å². The van der Waals surface area contributed by atoms with E-state index in [2.05, 4.69) is 5.32 Å². The van der Waals surface area contributed by atoms with E-state index in [0.717, 1.165) is 12.0 Å². The van der Waals surface area contributed by atoms with Crippen molar-refractivity contribution in [3.05, 3.63) is 29.8 Å². The molecule has 88 valence electrons. The topological polar surface area (TPSA) is 49.4 Å². The minimum absolute atomic E-state index is 0.108. The molecule has 16 heavy (non-hydrogen) atoms. The van der Waals surface area contributed by atoms with Crippen molar-refractivity contribution in [2.24, 2.45) is 0 Å². The van der Waals surface area contributed by atoms with Crippen LogP contribution in [0.2, 0.25) is 0 Å². The maximum atomic E-state index is 11.2. The number of amides is 2. The second-order valence-electron chi connectivity index (χ2n) is 3.19. The molecule has 0 radical (unpaired) electrons. The Balaban J connectivity index is 0.000000673. The summed E-state index contributed by atoms with van der Waals surface area (Å²) in [5, 5.41) is 2.56. The molecule has 0 atom stereocenters. The van der Waals surface area contributed by atoms with Crippen LogP contribution in [0.3, 0.4) is 0 Å². The summed E-state index contributed by atoms with van der Waals surface area (Å²) < 4.78 is 0. The van der Waals surface area contributed by atoms with Crippen LogP contribution in [0.15, 0.2) is 24.3 Å². The van der Waals surface area contributed by atoms with Crippen molar-refractivity contribution in [1.82, 2.24) is 5.32 Å². The monoisotopic (exact) mass is 222 g/mol. The van der Waals surface area contributed by atoms with Gasteiger partial charge in [-0.25, -0.2) is 4.79 Å². The molecular weight excluding hydrogens is 204 g/mol. The number of carbonyl (C=O) groups is 2. The Hall–Kier alpha value is -1.84. The zero-order valence-electron chi connectivity index (χ0n) is 10.2. The van der Waals surface area contributed by atoms with Gasteiger partial charge in [-0.1, -0.05) is 17.7 Å². The summed E-state index contributed by atoms with van der Waals surface area (Å²) in [6, 6.07) is 7.70. The molecule has 0 aliphatic heterocycles. The highest BCUT2D eigenvalue weighted by atomic mass is 16.2. The van der Waals surface area contributed by atoms with Crippen LogP contribution in [-0.2, 0) is 4.79 Å². The molecule has 1 aromatic rings. The Morgan fingerprint density at radius 2 is 1.75 bits per heavy atom. The van der Waals surface area contributed by atoms with Crippen LogP contribution in [0.25, 0.3) is 0 Å². The first-order valence-corrected chi connectivity index (χ1v) is 4.98. The van der Waals surface area contributed by atoms with Crippen LogP contribution in [0.1, 0.15) is 12.5 Å². The van der Waals surface area contributed by atoms with E-state index < -0.39 is 0 Å². The Morgan fingerprint density at radius 3 is 2.12 bits per heavy atom. The minimum Gasteiger partial charge on any atom is -0.341 e. The van der Waals surface area contributed by atoms with Crippen molar-refractivity contribution in [2.75, 3.05) is 19.0 Å². The first-order chi connectivity index (χ1) is 7.56. The highest BCUT2D eigenvalue weighted by Gasteiger charge is 2.06. The summed E-state index contributed by atoms with van der Waals surface area (Å²) in [5.41, 5.74) is 2.08. The molecule has 1 aromatic carbocycles. The molecule has 0 bridgehead atoms. The number of rotatable bonds is 1. The van der Waals surface area contributed by atoms with E-state index in [1.807, 2.05) is 31.2 Å². The van der Waals surface area contributed by atoms with Gasteiger partial charge in [-0.15, -0.1) is 0 Å². The van der Waals surface area contributed by atoms with Gasteiger partial charge in [0, 0.05) is 19.8 Å². The number of urea groups is 1. The van der Waals surface area contributed by atoms with Gasteiger partial charge >= 0.3 is 6.03 Å². The fraction of sp³-hybridized carbons (Fsp3) is 0.333. The highest BCUT2D eigenvalue weighted by Crippen LogP contribution is 2.12. The quantitative estimate of drug-likeness (QED) is 0.738. The zero-order valence-corrected chi connectivity index (χ0v) is 10.2. The number of hydrogen-bond donors (Lipinski definition) is 1. The van der Waals surface area contributed by atoms with Gasteiger partial charge in [-0.3, -0.25) is 4.90 Å². The van der Waals surface area contributed by atoms with Gasteiger partial charge in [-0.2, -0.15) is 0 Å². The molecule has 0 aromatic heterocycles. The molecular formula is C12H18N2O2. The standard InChI is InChI=1S/C10H14N2O.C2H4O/c1-8-4-6-9(7-5-8)12(3)10(13)11-2;1-2-3/h4-7H,1-3H3,(H,11,13);2H,1H3. The molecule has 2 amide bonds. The number of nitrogens with zero attached hydrogens (tertiary/aromatic N) is 1. The summed E-state index contributed by atoms with van der Waals surface area (Å²) in [6.45, 7) is 3.46. The fourth-order valence-corrected chi connectivity index (χ4v) is 1.05. The van der Waals surface area contributed by atoms with Crippen LogP contribution in [-0.4, -0.2) is 26.4 Å². The molecule has 0 saturated carbocycles. The third kappa shape index (κ3) is 4.59. The van der Waals surface area contributed by atoms with Crippen molar-refractivity contribution in [2.45, 2.75) is 13.8 Å². The molecule has 4 heteroatoms. The van der Waals surface area contributed by atoms with Gasteiger partial charge in [0.25, 0.3) is 0 Å². The van der Waals surface area contributed by atoms with Gasteiger partial charge in [-0.05, 0) is 26.0 Å². The van der Waals surface area contributed by atoms with Crippen molar-refractivity contribution in [1.29, 1.82) is 0 Å². The third-order valence-corrected chi connectivity index (χ3v) is 1.94. The predicted molar refractivity (Wildman–Crippen MR) is 65.8 cm³/mol. The maximum Gasteiger partial charge on any atom is 0.321 e. The molecule has 0 heterocycles. The molecule has 4 nitrogen and oxygen atoms in total. The maximum absolute atomic E-state index is 11.2. The molecule has 0 aliphatic rings. The van der Waals surface area contributed by atoms with Crippen LogP contribution in [0.5, 0.6) is 0 Å². The number of nitrogens with one attached hydrogen (secondary N) is 1. The molecule has 0 unspecified atom stereocenters. The summed E-state index contributed by atoms with van der Waals surface area (Å²) in [7, 11) is 3.36. The molecule has 0 spiro atoms. The van der Waals surface area contributed by atoms with E-state index in [4.69, 9.17) is 4.79 Å². The lowest BCUT2D eigenvalue weighted by atomic mass is 10.2. The van der Waals surface area contributed by atoms with E-state index in [0.29, 0.717) is 0 Å². The average Bonchev–Trinajstić information content (AvgIpc) is 2.29. The summed E-state index contributed by atoms with van der Waals surface area (Å²) in [4.78, 5) is 21.6. The summed E-state index contributed by atoms with van der Waals surface area (Å²) in [5.74, 6) is 0. The number of benzene rings is 1. The molecule has 1 rings (SSSR count). The second-order valence-corrected chi connectivity index (χ2v) is 3.19. The third-order valence-electron chi connectivity index (χ3n) is 1.94. The lowest BCUT2D eigenvalue weighted by molar-refractivity contribution is -0.106. The SMILES string of the molecule is CC=O.CNC(=O)N(C)c1ccc(C)cc1. The summed E-state index contributed by atoms with van der Waals surface area (Å²) in [6.07, 6.45) is 0.750. The van der Waals surface area contributed by atoms with Crippen molar-refractivity contribution >= 4 is 18.0 Å². The van der Waals surface area contributed by atoms with Crippen LogP contribution < -0.4 is 10.2 Å².